The molecule has 5 rings (SSSR count). The fourth-order valence-electron chi connectivity index (χ4n) is 3.83. The maximum Gasteiger partial charge on any atom is 0.407 e. The van der Waals surface area contributed by atoms with Gasteiger partial charge in [-0.25, -0.2) is 14.8 Å². The summed E-state index contributed by atoms with van der Waals surface area (Å²) in [5.41, 5.74) is 3.00. The molecular formula is C20H22ClN7O2. The van der Waals surface area contributed by atoms with E-state index >= 15 is 0 Å². The van der Waals surface area contributed by atoms with Crippen LogP contribution in [0.1, 0.15) is 37.3 Å². The molecule has 3 N–H and O–H groups in total. The molecule has 0 radical (unpaired) electrons. The van der Waals surface area contributed by atoms with Crippen LogP contribution in [0.15, 0.2) is 30.7 Å². The molecule has 0 aromatic carbocycles. The topological polar surface area (TPSA) is 108 Å². The summed E-state index contributed by atoms with van der Waals surface area (Å²) in [6.07, 6.45) is 8.53. The van der Waals surface area contributed by atoms with Gasteiger partial charge in [-0.2, -0.15) is 4.98 Å². The van der Waals surface area contributed by atoms with Crippen molar-refractivity contribution in [3.05, 3.63) is 41.4 Å². The number of piperidine rings is 1. The number of rotatable bonds is 5. The molecule has 9 nitrogen and oxygen atoms in total. The molecule has 0 bridgehead atoms. The predicted octanol–water partition coefficient (Wildman–Crippen LogP) is 3.95. The third-order valence-corrected chi connectivity index (χ3v) is 5.92. The Kier molecular flexibility index (Phi) is 4.82. The van der Waals surface area contributed by atoms with E-state index in [0.29, 0.717) is 48.6 Å². The van der Waals surface area contributed by atoms with E-state index in [0.717, 1.165) is 11.3 Å². The van der Waals surface area contributed by atoms with Crippen molar-refractivity contribution in [1.82, 2.24) is 24.3 Å². The Bertz CT molecular complexity index is 1090. The quantitative estimate of drug-likeness (QED) is 0.565. The summed E-state index contributed by atoms with van der Waals surface area (Å²) in [6, 6.07) is 4.06. The van der Waals surface area contributed by atoms with Crippen LogP contribution in [0.2, 0.25) is 5.02 Å². The van der Waals surface area contributed by atoms with Gasteiger partial charge in [-0.15, -0.1) is 0 Å². The average molecular weight is 428 g/mol. The number of hydrogen-bond donors (Lipinski definition) is 3. The fraction of sp³-hybridized carbons (Fsp3) is 0.400. The molecule has 10 heteroatoms. The first-order valence-corrected chi connectivity index (χ1v) is 10.5. The van der Waals surface area contributed by atoms with Crippen LogP contribution < -0.4 is 10.6 Å². The minimum Gasteiger partial charge on any atom is -0.465 e. The second-order valence-corrected chi connectivity index (χ2v) is 8.21. The highest BCUT2D eigenvalue weighted by Gasteiger charge is 2.27. The number of nitrogens with zero attached hydrogens (tertiary/aromatic N) is 5. The van der Waals surface area contributed by atoms with Gasteiger partial charge in [0.25, 0.3) is 0 Å². The number of fused-ring (bicyclic) bond motifs is 1. The highest BCUT2D eigenvalue weighted by Crippen LogP contribution is 2.40. The maximum absolute atomic E-state index is 11.1. The Balaban J connectivity index is 1.29. The Morgan fingerprint density at radius 1 is 1.17 bits per heavy atom. The SMILES string of the molecule is O=C(O)N1CCC(Nc2nc(Nc3ccn4c(C5CC5)cnc4c3)ncc2Cl)CC1. The molecule has 3 aromatic rings. The number of hydrogen-bond acceptors (Lipinski definition) is 6. The molecule has 4 heterocycles. The van der Waals surface area contributed by atoms with E-state index in [1.807, 2.05) is 24.5 Å². The van der Waals surface area contributed by atoms with Crippen molar-refractivity contribution in [1.29, 1.82) is 0 Å². The lowest BCUT2D eigenvalue weighted by atomic mass is 10.1. The van der Waals surface area contributed by atoms with Crippen molar-refractivity contribution >= 4 is 40.8 Å². The molecule has 1 aliphatic heterocycles. The summed E-state index contributed by atoms with van der Waals surface area (Å²) >= 11 is 6.28. The number of nitrogens with one attached hydrogen (secondary N) is 2. The van der Waals surface area contributed by atoms with Gasteiger partial charge < -0.3 is 25.0 Å². The standard InChI is InChI=1S/C20H22ClN7O2/c21-15-10-23-19(26-18(15)24-13-3-6-27(7-4-13)20(29)30)25-14-5-8-28-16(12-1-2-12)11-22-17(28)9-14/h5,8-13H,1-4,6-7H2,(H,29,30)(H2,23,24,25,26). The highest BCUT2D eigenvalue weighted by atomic mass is 35.5. The fourth-order valence-corrected chi connectivity index (χ4v) is 3.97. The van der Waals surface area contributed by atoms with Crippen LogP contribution in [0.4, 0.5) is 22.2 Å². The van der Waals surface area contributed by atoms with Crippen molar-refractivity contribution in [3.63, 3.8) is 0 Å². The molecule has 30 heavy (non-hydrogen) atoms. The number of amides is 1. The van der Waals surface area contributed by atoms with E-state index in [-0.39, 0.29) is 6.04 Å². The number of carboxylic acid groups (broad SMARTS) is 1. The van der Waals surface area contributed by atoms with Gasteiger partial charge >= 0.3 is 6.09 Å². The van der Waals surface area contributed by atoms with Crippen LogP contribution in [-0.2, 0) is 0 Å². The Labute approximate surface area is 178 Å². The van der Waals surface area contributed by atoms with Crippen LogP contribution >= 0.6 is 11.6 Å². The molecule has 1 aliphatic carbocycles. The lowest BCUT2D eigenvalue weighted by Gasteiger charge is -2.30. The van der Waals surface area contributed by atoms with E-state index < -0.39 is 6.09 Å². The molecule has 156 valence electrons. The van der Waals surface area contributed by atoms with E-state index in [1.165, 1.54) is 23.4 Å². The number of anilines is 3. The zero-order valence-electron chi connectivity index (χ0n) is 16.3. The van der Waals surface area contributed by atoms with Gasteiger partial charge in [-0.1, -0.05) is 11.6 Å². The largest absolute Gasteiger partial charge is 0.465 e. The van der Waals surface area contributed by atoms with Crippen LogP contribution in [0, 0.1) is 0 Å². The summed E-state index contributed by atoms with van der Waals surface area (Å²) in [5, 5.41) is 16.1. The normalized spacial score (nSPS) is 17.3. The van der Waals surface area contributed by atoms with E-state index in [1.54, 1.807) is 6.20 Å². The van der Waals surface area contributed by atoms with Gasteiger partial charge in [0.1, 0.15) is 10.7 Å². The second-order valence-electron chi connectivity index (χ2n) is 7.80. The van der Waals surface area contributed by atoms with Crippen molar-refractivity contribution in [2.24, 2.45) is 0 Å². The molecule has 0 unspecified atom stereocenters. The van der Waals surface area contributed by atoms with Crippen LogP contribution in [0.5, 0.6) is 0 Å². The number of carbonyl (C=O) groups is 1. The number of halogens is 1. The first-order valence-electron chi connectivity index (χ1n) is 10.1. The minimum atomic E-state index is -0.876. The van der Waals surface area contributed by atoms with Gasteiger partial charge in [0.15, 0.2) is 5.82 Å². The van der Waals surface area contributed by atoms with Crippen molar-refractivity contribution in [2.45, 2.75) is 37.6 Å². The molecule has 2 aliphatic rings. The number of pyridine rings is 1. The van der Waals surface area contributed by atoms with Crippen molar-refractivity contribution < 1.29 is 9.90 Å². The molecule has 1 saturated heterocycles. The van der Waals surface area contributed by atoms with E-state index in [2.05, 4.69) is 30.0 Å². The van der Waals surface area contributed by atoms with Gasteiger partial charge in [0.2, 0.25) is 5.95 Å². The van der Waals surface area contributed by atoms with Gasteiger partial charge in [0.05, 0.1) is 6.20 Å². The molecule has 1 saturated carbocycles. The summed E-state index contributed by atoms with van der Waals surface area (Å²) in [6.45, 7) is 0.988. The first kappa shape index (κ1) is 18.9. The van der Waals surface area contributed by atoms with Crippen molar-refractivity contribution in [3.8, 4) is 0 Å². The van der Waals surface area contributed by atoms with Gasteiger partial charge in [-0.05, 0) is 31.7 Å². The molecule has 2 fully saturated rings. The number of aromatic nitrogens is 4. The Morgan fingerprint density at radius 3 is 2.70 bits per heavy atom. The van der Waals surface area contributed by atoms with Crippen LogP contribution in [0.3, 0.4) is 0 Å². The third-order valence-electron chi connectivity index (χ3n) is 5.64. The Morgan fingerprint density at radius 2 is 1.97 bits per heavy atom. The summed E-state index contributed by atoms with van der Waals surface area (Å²) < 4.78 is 2.13. The summed E-state index contributed by atoms with van der Waals surface area (Å²) in [5.74, 6) is 1.61. The molecular weight excluding hydrogens is 406 g/mol. The zero-order valence-corrected chi connectivity index (χ0v) is 17.0. The first-order chi connectivity index (χ1) is 14.6. The highest BCUT2D eigenvalue weighted by molar-refractivity contribution is 6.32. The predicted molar refractivity (Wildman–Crippen MR) is 114 cm³/mol. The molecule has 3 aromatic heterocycles. The Hall–Kier alpha value is -3.07. The lowest BCUT2D eigenvalue weighted by Crippen LogP contribution is -2.41. The van der Waals surface area contributed by atoms with Crippen LogP contribution in [0.25, 0.3) is 5.65 Å². The third kappa shape index (κ3) is 3.85. The summed E-state index contributed by atoms with van der Waals surface area (Å²) in [7, 11) is 0. The van der Waals surface area contributed by atoms with Crippen LogP contribution in [-0.4, -0.2) is 54.6 Å². The lowest BCUT2D eigenvalue weighted by molar-refractivity contribution is 0.134. The minimum absolute atomic E-state index is 0.114. The monoisotopic (exact) mass is 427 g/mol. The molecule has 1 amide bonds. The number of imidazole rings is 1. The molecule has 0 atom stereocenters. The second kappa shape index (κ2) is 7.64. The zero-order chi connectivity index (χ0) is 20.7. The number of likely N-dealkylation sites (tertiary alicyclic amines) is 1. The smallest absolute Gasteiger partial charge is 0.407 e. The van der Waals surface area contributed by atoms with Crippen molar-refractivity contribution in [2.75, 3.05) is 23.7 Å². The van der Waals surface area contributed by atoms with E-state index in [4.69, 9.17) is 16.7 Å². The van der Waals surface area contributed by atoms with Gasteiger partial charge in [-0.3, -0.25) is 0 Å². The van der Waals surface area contributed by atoms with Gasteiger partial charge in [0, 0.05) is 54.9 Å². The molecule has 0 spiro atoms. The average Bonchev–Trinajstić information content (AvgIpc) is 3.50. The van der Waals surface area contributed by atoms with E-state index in [9.17, 15) is 4.79 Å². The maximum atomic E-state index is 11.1. The summed E-state index contributed by atoms with van der Waals surface area (Å²) in [4.78, 5) is 25.8.